The first-order valence-electron chi connectivity index (χ1n) is 10.9. The zero-order valence-corrected chi connectivity index (χ0v) is 18.3. The molecule has 2 saturated heterocycles. The van der Waals surface area contributed by atoms with Crippen LogP contribution >= 0.6 is 0 Å². The molecule has 7 nitrogen and oxygen atoms in total. The van der Waals surface area contributed by atoms with E-state index in [2.05, 4.69) is 15.5 Å². The van der Waals surface area contributed by atoms with Crippen LogP contribution in [-0.4, -0.2) is 73.9 Å². The number of likely N-dealkylation sites (tertiary alicyclic amines) is 1. The lowest BCUT2D eigenvalue weighted by Crippen LogP contribution is -2.48. The van der Waals surface area contributed by atoms with Gasteiger partial charge in [-0.15, -0.1) is 0 Å². The molecule has 178 valence electrons. The fraction of sp³-hybridized carbons (Fsp3) is 0.636. The van der Waals surface area contributed by atoms with Gasteiger partial charge in [0.15, 0.2) is 0 Å². The average Bonchev–Trinajstić information content (AvgIpc) is 3.13. The summed E-state index contributed by atoms with van der Waals surface area (Å²) >= 11 is 0. The Kier molecular flexibility index (Phi) is 8.13. The predicted molar refractivity (Wildman–Crippen MR) is 111 cm³/mol. The first kappa shape index (κ1) is 24.5. The third kappa shape index (κ3) is 6.66. The van der Waals surface area contributed by atoms with Crippen molar-refractivity contribution in [2.75, 3.05) is 32.8 Å². The molecular formula is C22H30F3N3O4. The van der Waals surface area contributed by atoms with Crippen molar-refractivity contribution in [2.45, 2.75) is 57.2 Å². The predicted octanol–water partition coefficient (Wildman–Crippen LogP) is 2.21. The zero-order valence-electron chi connectivity index (χ0n) is 18.3. The molecule has 3 rings (SSSR count). The van der Waals surface area contributed by atoms with Gasteiger partial charge >= 0.3 is 6.18 Å². The monoisotopic (exact) mass is 457 g/mol. The van der Waals surface area contributed by atoms with E-state index in [4.69, 9.17) is 9.47 Å². The molecule has 0 spiro atoms. The molecule has 0 bridgehead atoms. The van der Waals surface area contributed by atoms with Gasteiger partial charge in [-0.25, -0.2) is 0 Å². The van der Waals surface area contributed by atoms with Crippen molar-refractivity contribution < 1.29 is 32.2 Å². The van der Waals surface area contributed by atoms with Gasteiger partial charge in [-0.2, -0.15) is 13.2 Å². The fourth-order valence-corrected chi connectivity index (χ4v) is 4.13. The summed E-state index contributed by atoms with van der Waals surface area (Å²) in [5, 5.41) is 5.31. The van der Waals surface area contributed by atoms with Crippen molar-refractivity contribution in [1.82, 2.24) is 15.5 Å². The van der Waals surface area contributed by atoms with Crippen LogP contribution in [0.1, 0.15) is 42.6 Å². The minimum absolute atomic E-state index is 0.00495. The number of halogens is 3. The zero-order chi connectivity index (χ0) is 23.3. The maximum absolute atomic E-state index is 12.8. The molecule has 0 saturated carbocycles. The fourth-order valence-electron chi connectivity index (χ4n) is 4.13. The van der Waals surface area contributed by atoms with E-state index in [-0.39, 0.29) is 30.4 Å². The van der Waals surface area contributed by atoms with Gasteiger partial charge in [0.2, 0.25) is 5.91 Å². The van der Waals surface area contributed by atoms with E-state index in [1.807, 2.05) is 13.8 Å². The lowest BCUT2D eigenvalue weighted by Gasteiger charge is -2.31. The lowest BCUT2D eigenvalue weighted by atomic mass is 10.1. The number of hydrogen-bond acceptors (Lipinski definition) is 5. The Morgan fingerprint density at radius 3 is 2.59 bits per heavy atom. The van der Waals surface area contributed by atoms with Crippen LogP contribution in [0, 0.1) is 0 Å². The summed E-state index contributed by atoms with van der Waals surface area (Å²) in [4.78, 5) is 27.0. The summed E-state index contributed by atoms with van der Waals surface area (Å²) in [6, 6.07) is 4.24. The van der Waals surface area contributed by atoms with Gasteiger partial charge in [0.25, 0.3) is 5.91 Å². The van der Waals surface area contributed by atoms with Crippen molar-refractivity contribution >= 4 is 11.8 Å². The SMILES string of the molecule is CC(C)O[C@H]1CN(C2CCOCC2)C[C@@H]1NC(=O)CNC(=O)c1cccc(C(F)(F)F)c1. The van der Waals surface area contributed by atoms with E-state index in [0.717, 1.165) is 44.3 Å². The van der Waals surface area contributed by atoms with E-state index in [1.54, 1.807) is 0 Å². The summed E-state index contributed by atoms with van der Waals surface area (Å²) in [5.74, 6) is -1.15. The number of carbonyl (C=O) groups excluding carboxylic acids is 2. The maximum atomic E-state index is 12.8. The minimum Gasteiger partial charge on any atom is -0.381 e. The summed E-state index contributed by atoms with van der Waals surface area (Å²) in [5.41, 5.74) is -1.07. The van der Waals surface area contributed by atoms with Crippen LogP contribution in [0.5, 0.6) is 0 Å². The van der Waals surface area contributed by atoms with Crippen molar-refractivity contribution in [3.63, 3.8) is 0 Å². The number of carbonyl (C=O) groups is 2. The van der Waals surface area contributed by atoms with Gasteiger partial charge in [-0.1, -0.05) is 6.07 Å². The molecule has 2 N–H and O–H groups in total. The van der Waals surface area contributed by atoms with Crippen LogP contribution in [0.15, 0.2) is 24.3 Å². The molecule has 0 unspecified atom stereocenters. The van der Waals surface area contributed by atoms with E-state index >= 15 is 0 Å². The van der Waals surface area contributed by atoms with Crippen LogP contribution in [-0.2, 0) is 20.4 Å². The molecule has 2 aliphatic heterocycles. The molecule has 2 amide bonds. The van der Waals surface area contributed by atoms with E-state index < -0.39 is 23.6 Å². The number of amides is 2. The highest BCUT2D eigenvalue weighted by Gasteiger charge is 2.38. The van der Waals surface area contributed by atoms with Crippen LogP contribution in [0.3, 0.4) is 0 Å². The van der Waals surface area contributed by atoms with Gasteiger partial charge in [-0.3, -0.25) is 14.5 Å². The quantitative estimate of drug-likeness (QED) is 0.657. The van der Waals surface area contributed by atoms with Crippen molar-refractivity contribution in [3.8, 4) is 0 Å². The van der Waals surface area contributed by atoms with Crippen LogP contribution in [0.25, 0.3) is 0 Å². The van der Waals surface area contributed by atoms with Crippen molar-refractivity contribution in [3.05, 3.63) is 35.4 Å². The average molecular weight is 457 g/mol. The molecule has 2 fully saturated rings. The Labute approximate surface area is 185 Å². The summed E-state index contributed by atoms with van der Waals surface area (Å²) in [6.07, 6.45) is -2.86. The lowest BCUT2D eigenvalue weighted by molar-refractivity contribution is -0.137. The number of alkyl halides is 3. The van der Waals surface area contributed by atoms with Crippen molar-refractivity contribution in [2.24, 2.45) is 0 Å². The number of hydrogen-bond donors (Lipinski definition) is 2. The second-order valence-corrected chi connectivity index (χ2v) is 8.46. The highest BCUT2D eigenvalue weighted by molar-refractivity contribution is 5.96. The number of benzene rings is 1. The Hall–Kier alpha value is -2.17. The van der Waals surface area contributed by atoms with E-state index in [1.165, 1.54) is 6.07 Å². The number of nitrogens with zero attached hydrogens (tertiary/aromatic N) is 1. The van der Waals surface area contributed by atoms with Gasteiger partial charge in [0.05, 0.1) is 30.4 Å². The van der Waals surface area contributed by atoms with Gasteiger partial charge in [-0.05, 0) is 44.9 Å². The van der Waals surface area contributed by atoms with Crippen LogP contribution in [0.4, 0.5) is 13.2 Å². The number of nitrogens with one attached hydrogen (secondary N) is 2. The smallest absolute Gasteiger partial charge is 0.381 e. The molecule has 0 aromatic heterocycles. The molecule has 1 aromatic carbocycles. The highest BCUT2D eigenvalue weighted by atomic mass is 19.4. The molecule has 1 aromatic rings. The second-order valence-electron chi connectivity index (χ2n) is 8.46. The second kappa shape index (κ2) is 10.6. The molecule has 0 aliphatic carbocycles. The third-order valence-corrected chi connectivity index (χ3v) is 5.66. The Bertz CT molecular complexity index is 797. The van der Waals surface area contributed by atoms with Crippen LogP contribution in [0.2, 0.25) is 0 Å². The summed E-state index contributed by atoms with van der Waals surface area (Å²) in [6.45, 7) is 6.30. The molecule has 0 radical (unpaired) electrons. The molecule has 2 aliphatic rings. The van der Waals surface area contributed by atoms with Crippen LogP contribution < -0.4 is 10.6 Å². The first-order chi connectivity index (χ1) is 15.1. The topological polar surface area (TPSA) is 79.9 Å². The highest BCUT2D eigenvalue weighted by Crippen LogP contribution is 2.29. The molecule has 2 atom stereocenters. The Morgan fingerprint density at radius 2 is 1.94 bits per heavy atom. The third-order valence-electron chi connectivity index (χ3n) is 5.66. The van der Waals surface area contributed by atoms with E-state index in [9.17, 15) is 22.8 Å². The van der Waals surface area contributed by atoms with E-state index in [0.29, 0.717) is 19.1 Å². The van der Waals surface area contributed by atoms with Crippen molar-refractivity contribution in [1.29, 1.82) is 0 Å². The maximum Gasteiger partial charge on any atom is 0.416 e. The molecule has 2 heterocycles. The van der Waals surface area contributed by atoms with Gasteiger partial charge < -0.3 is 20.1 Å². The largest absolute Gasteiger partial charge is 0.416 e. The Balaban J connectivity index is 1.54. The number of ether oxygens (including phenoxy) is 2. The minimum atomic E-state index is -4.54. The summed E-state index contributed by atoms with van der Waals surface area (Å²) < 4.78 is 50.0. The standard InChI is InChI=1S/C22H30F3N3O4/c1-14(2)32-19-13-28(17-6-8-31-9-7-17)12-18(19)27-20(29)11-26-21(30)15-4-3-5-16(10-15)22(23,24)25/h3-5,10,14,17-19H,6-9,11-13H2,1-2H3,(H,26,30)(H,27,29)/t18-,19-/m0/s1. The molecule has 10 heteroatoms. The molecular weight excluding hydrogens is 427 g/mol. The van der Waals surface area contributed by atoms with Gasteiger partial charge in [0.1, 0.15) is 0 Å². The number of rotatable bonds is 7. The first-order valence-corrected chi connectivity index (χ1v) is 10.9. The normalized spacial score (nSPS) is 22.8. The van der Waals surface area contributed by atoms with Gasteiger partial charge in [0, 0.05) is 37.9 Å². The Morgan fingerprint density at radius 1 is 1.22 bits per heavy atom. The summed E-state index contributed by atoms with van der Waals surface area (Å²) in [7, 11) is 0. The molecule has 32 heavy (non-hydrogen) atoms.